The van der Waals surface area contributed by atoms with Gasteiger partial charge in [-0.25, -0.2) is 9.02 Å². The largest absolute Gasteiger partial charge is 0.487 e. The minimum absolute atomic E-state index is 0.0452. The summed E-state index contributed by atoms with van der Waals surface area (Å²) in [5, 5.41) is 15.1. The maximum absolute atomic E-state index is 16.0. The molecule has 0 bridgehead atoms. The summed E-state index contributed by atoms with van der Waals surface area (Å²) in [6.07, 6.45) is 0.425. The number of piperazine rings is 1. The number of anilines is 1. The predicted molar refractivity (Wildman–Crippen MR) is 161 cm³/mol. The van der Waals surface area contributed by atoms with Crippen molar-refractivity contribution in [2.75, 3.05) is 38.5 Å². The number of rotatable bonds is 8. The fraction of sp³-hybridized carbons (Fsp3) is 0.656. The van der Waals surface area contributed by atoms with Gasteiger partial charge in [-0.3, -0.25) is 19.7 Å². The Morgan fingerprint density at radius 1 is 1.10 bits per heavy atom. The highest BCUT2D eigenvalue weighted by atomic mass is 19.4. The summed E-state index contributed by atoms with van der Waals surface area (Å²) in [4.78, 5) is 43.6. The van der Waals surface area contributed by atoms with Crippen LogP contribution >= 0.6 is 0 Å². The molecule has 3 aliphatic heterocycles. The first-order valence-electron chi connectivity index (χ1n) is 16.5. The summed E-state index contributed by atoms with van der Waals surface area (Å²) in [7, 11) is 1.96. The van der Waals surface area contributed by atoms with E-state index in [9.17, 15) is 27.6 Å². The van der Waals surface area contributed by atoms with Crippen molar-refractivity contribution < 1.29 is 41.3 Å². The average molecular weight is 678 g/mol. The van der Waals surface area contributed by atoms with Gasteiger partial charge in [0.25, 0.3) is 5.91 Å². The number of carbonyl (C=O) groups is 3. The van der Waals surface area contributed by atoms with Gasteiger partial charge in [0.15, 0.2) is 5.69 Å². The van der Waals surface area contributed by atoms with Gasteiger partial charge in [-0.05, 0) is 81.5 Å². The number of piperidine rings is 1. The zero-order chi connectivity index (χ0) is 34.0. The standard InChI is InChI=1S/C32H39F4N7O5/c1-16-27(41-48-40-16)29(45)39-28(26(17-3-4-17)18-5-6-18)30(46)38-21-12-23-19(11-20(21)33)22(13-31(47-23)7-9-42(2)10-8-31)43-15-24(32(34,35)36)37-14-25(43)44/h11-12,17-18,22,24,26,28,37H,3-10,13-15H2,1-2H3,(H,38,46)(H,39,45)/t22?,24-,28-/m0/s1. The number of halogens is 4. The first kappa shape index (κ1) is 32.7. The van der Waals surface area contributed by atoms with Gasteiger partial charge in [0, 0.05) is 37.7 Å². The van der Waals surface area contributed by atoms with E-state index in [2.05, 4.69) is 35.8 Å². The Labute approximate surface area is 274 Å². The number of amides is 3. The Bertz CT molecular complexity index is 1570. The fourth-order valence-electron chi connectivity index (χ4n) is 7.64. The van der Waals surface area contributed by atoms with Crippen molar-refractivity contribution in [3.8, 4) is 5.75 Å². The molecule has 0 radical (unpaired) electrons. The van der Waals surface area contributed by atoms with Crippen molar-refractivity contribution >= 4 is 23.4 Å². The Hall–Kier alpha value is -3.79. The lowest BCUT2D eigenvalue weighted by molar-refractivity contribution is -0.174. The van der Waals surface area contributed by atoms with Crippen LogP contribution in [0.15, 0.2) is 16.8 Å². The van der Waals surface area contributed by atoms with Crippen molar-refractivity contribution in [2.24, 2.45) is 17.8 Å². The number of benzene rings is 1. The molecule has 7 rings (SSSR count). The molecular formula is C32H39F4N7O5. The number of likely N-dealkylation sites (tertiary alicyclic amines) is 1. The SMILES string of the molecule is Cc1nonc1C(=O)N[C@H](C(=O)Nc1cc2c(cc1F)C(N1C[C@@H](C(F)(F)F)NCC1=O)CC1(CCN(C)CC1)O2)C(C1CC1)C1CC1. The number of nitrogens with zero attached hydrogens (tertiary/aromatic N) is 4. The first-order chi connectivity index (χ1) is 22.8. The molecule has 1 spiro atoms. The second kappa shape index (κ2) is 12.3. The summed E-state index contributed by atoms with van der Waals surface area (Å²) >= 11 is 0. The second-order valence-corrected chi connectivity index (χ2v) is 14.1. The van der Waals surface area contributed by atoms with Crippen molar-refractivity contribution in [3.05, 3.63) is 34.9 Å². The van der Waals surface area contributed by atoms with Crippen LogP contribution < -0.4 is 20.7 Å². The summed E-state index contributed by atoms with van der Waals surface area (Å²) in [5.74, 6) is -2.05. The van der Waals surface area contributed by atoms with Crippen LogP contribution in [0.4, 0.5) is 23.2 Å². The number of aryl methyl sites for hydroxylation is 1. The van der Waals surface area contributed by atoms with E-state index < -0.39 is 66.5 Å². The van der Waals surface area contributed by atoms with Crippen LogP contribution in [0.3, 0.4) is 0 Å². The van der Waals surface area contributed by atoms with E-state index in [1.807, 2.05) is 7.05 Å². The lowest BCUT2D eigenvalue weighted by Crippen LogP contribution is -2.61. The van der Waals surface area contributed by atoms with Gasteiger partial charge in [0.2, 0.25) is 11.8 Å². The number of aromatic nitrogens is 2. The number of carbonyl (C=O) groups excluding carboxylic acids is 3. The maximum Gasteiger partial charge on any atom is 0.405 e. The van der Waals surface area contributed by atoms with Crippen LogP contribution in [0.25, 0.3) is 0 Å². The van der Waals surface area contributed by atoms with E-state index in [1.54, 1.807) is 6.92 Å². The van der Waals surface area contributed by atoms with Gasteiger partial charge in [0.05, 0.1) is 18.3 Å². The minimum atomic E-state index is -4.58. The molecule has 1 unspecified atom stereocenters. The van der Waals surface area contributed by atoms with Crippen molar-refractivity contribution in [1.29, 1.82) is 0 Å². The molecule has 48 heavy (non-hydrogen) atoms. The molecule has 4 fully saturated rings. The first-order valence-corrected chi connectivity index (χ1v) is 16.5. The third kappa shape index (κ3) is 6.48. The third-order valence-electron chi connectivity index (χ3n) is 10.6. The van der Waals surface area contributed by atoms with Crippen LogP contribution in [0.2, 0.25) is 0 Å². The predicted octanol–water partition coefficient (Wildman–Crippen LogP) is 3.34. The van der Waals surface area contributed by atoms with Gasteiger partial charge in [0.1, 0.15) is 34.9 Å². The molecule has 16 heteroatoms. The van der Waals surface area contributed by atoms with Crippen LogP contribution in [0, 0.1) is 30.5 Å². The molecule has 3 atom stereocenters. The van der Waals surface area contributed by atoms with Gasteiger partial charge in [-0.15, -0.1) is 0 Å². The van der Waals surface area contributed by atoms with Crippen LogP contribution in [-0.2, 0) is 9.59 Å². The summed E-state index contributed by atoms with van der Waals surface area (Å²) in [5.41, 5.74) is -0.521. The van der Waals surface area contributed by atoms with Gasteiger partial charge >= 0.3 is 6.18 Å². The molecule has 2 saturated carbocycles. The van der Waals surface area contributed by atoms with Gasteiger partial charge in [-0.2, -0.15) is 13.2 Å². The highest BCUT2D eigenvalue weighted by Gasteiger charge is 2.51. The molecular weight excluding hydrogens is 638 g/mol. The summed E-state index contributed by atoms with van der Waals surface area (Å²) < 4.78 is 68.5. The van der Waals surface area contributed by atoms with Gasteiger partial charge in [-0.1, -0.05) is 5.16 Å². The maximum atomic E-state index is 16.0. The zero-order valence-corrected chi connectivity index (χ0v) is 26.7. The molecule has 1 aromatic carbocycles. The molecule has 12 nitrogen and oxygen atoms in total. The topological polar surface area (TPSA) is 142 Å². The van der Waals surface area contributed by atoms with E-state index in [4.69, 9.17) is 4.74 Å². The lowest BCUT2D eigenvalue weighted by Gasteiger charge is -2.50. The number of hydrogen-bond donors (Lipinski definition) is 3. The van der Waals surface area contributed by atoms with Gasteiger partial charge < -0.3 is 25.2 Å². The molecule has 3 N–H and O–H groups in total. The van der Waals surface area contributed by atoms with Crippen LogP contribution in [0.5, 0.6) is 5.75 Å². The lowest BCUT2D eigenvalue weighted by atomic mass is 9.79. The number of fused-ring (bicyclic) bond motifs is 1. The number of nitrogens with one attached hydrogen (secondary N) is 3. The van der Waals surface area contributed by atoms with E-state index in [0.717, 1.165) is 31.7 Å². The van der Waals surface area contributed by atoms with E-state index in [0.29, 0.717) is 25.9 Å². The van der Waals surface area contributed by atoms with Crippen molar-refractivity contribution in [3.63, 3.8) is 0 Å². The Balaban J connectivity index is 1.20. The zero-order valence-electron chi connectivity index (χ0n) is 26.7. The summed E-state index contributed by atoms with van der Waals surface area (Å²) in [6.45, 7) is 1.78. The van der Waals surface area contributed by atoms with E-state index >= 15 is 4.39 Å². The quantitative estimate of drug-likeness (QED) is 0.359. The molecule has 5 aliphatic rings. The monoisotopic (exact) mass is 677 g/mol. The van der Waals surface area contributed by atoms with Crippen LogP contribution in [-0.4, -0.2) is 94.9 Å². The number of ether oxygens (including phenoxy) is 1. The van der Waals surface area contributed by atoms with E-state index in [-0.39, 0.29) is 52.6 Å². The smallest absolute Gasteiger partial charge is 0.405 e. The Morgan fingerprint density at radius 3 is 2.40 bits per heavy atom. The fourth-order valence-corrected chi connectivity index (χ4v) is 7.64. The number of hydrogen-bond acceptors (Lipinski definition) is 9. The molecule has 260 valence electrons. The third-order valence-corrected chi connectivity index (χ3v) is 10.6. The molecule has 1 aromatic heterocycles. The van der Waals surface area contributed by atoms with Crippen molar-refractivity contribution in [1.82, 2.24) is 30.7 Å². The average Bonchev–Trinajstić information content (AvgIpc) is 3.98. The Morgan fingerprint density at radius 2 is 1.79 bits per heavy atom. The molecule has 2 aromatic rings. The minimum Gasteiger partial charge on any atom is -0.487 e. The molecule has 2 saturated heterocycles. The van der Waals surface area contributed by atoms with Crippen molar-refractivity contribution in [2.45, 2.75) is 81.8 Å². The highest BCUT2D eigenvalue weighted by Crippen LogP contribution is 2.52. The molecule has 4 heterocycles. The molecule has 3 amide bonds. The second-order valence-electron chi connectivity index (χ2n) is 14.1. The molecule has 2 aliphatic carbocycles. The normalized spacial score (nSPS) is 25.1. The summed E-state index contributed by atoms with van der Waals surface area (Å²) in [6, 6.07) is -1.27. The highest BCUT2D eigenvalue weighted by molar-refractivity contribution is 6.01. The van der Waals surface area contributed by atoms with E-state index in [1.165, 1.54) is 11.0 Å². The van der Waals surface area contributed by atoms with Crippen LogP contribution in [0.1, 0.15) is 72.7 Å². The number of alkyl halides is 3. The Kier molecular flexibility index (Phi) is 8.37.